The molecular weight excluding hydrogens is 379 g/mol. The molecule has 154 valence electrons. The summed E-state index contributed by atoms with van der Waals surface area (Å²) in [6, 6.07) is 3.49. The number of hydrogen-bond acceptors (Lipinski definition) is 6. The molecule has 0 fully saturated rings. The smallest absolute Gasteiger partial charge is 0.395 e. The van der Waals surface area contributed by atoms with E-state index in [-0.39, 0.29) is 12.0 Å². The summed E-state index contributed by atoms with van der Waals surface area (Å²) in [7, 11) is -2.55. The lowest BCUT2D eigenvalue weighted by atomic mass is 9.94. The van der Waals surface area contributed by atoms with E-state index in [1.54, 1.807) is 24.5 Å². The maximum absolute atomic E-state index is 12.8. The zero-order valence-corrected chi connectivity index (χ0v) is 17.8. The molecule has 0 aliphatic rings. The highest BCUT2D eigenvalue weighted by Crippen LogP contribution is 2.51. The number of benzene rings is 1. The number of nitrogens with one attached hydrogen (secondary N) is 1. The number of rotatable bonds is 10. The molecule has 1 heterocycles. The number of anilines is 1. The third-order valence-corrected chi connectivity index (χ3v) is 5.50. The van der Waals surface area contributed by atoms with Crippen molar-refractivity contribution in [2.24, 2.45) is 0 Å². The standard InChI is InChI=1S/C20H29N2O5P/c1-5-9-17-15(6-2)19(16(7-3)20(26-4)18(17)23)27-28(24,25)13-22-14-10-8-11-21-12-14/h8,10-12,22-23H,5-7,9,13H2,1-4H3,(H,24,25). The first-order valence-electron chi connectivity index (χ1n) is 9.47. The molecule has 2 aromatic rings. The van der Waals surface area contributed by atoms with E-state index in [1.807, 2.05) is 20.8 Å². The molecule has 0 amide bonds. The number of aromatic hydroxyl groups is 1. The lowest BCUT2D eigenvalue weighted by Crippen LogP contribution is -2.10. The third-order valence-electron chi connectivity index (χ3n) is 4.48. The quantitative estimate of drug-likeness (QED) is 0.497. The number of methoxy groups -OCH3 is 1. The molecule has 0 saturated carbocycles. The first kappa shape index (κ1) is 22.1. The maximum Gasteiger partial charge on any atom is 0.395 e. The van der Waals surface area contributed by atoms with Gasteiger partial charge in [-0.3, -0.25) is 4.98 Å². The Bertz CT molecular complexity index is 842. The predicted octanol–water partition coefficient (Wildman–Crippen LogP) is 4.51. The summed E-state index contributed by atoms with van der Waals surface area (Å²) in [5, 5.41) is 13.6. The molecule has 0 aliphatic heterocycles. The number of nitrogens with zero attached hydrogens (tertiary/aromatic N) is 1. The Kier molecular flexibility index (Phi) is 7.72. The third kappa shape index (κ3) is 4.97. The fourth-order valence-electron chi connectivity index (χ4n) is 3.22. The van der Waals surface area contributed by atoms with Gasteiger partial charge in [0.2, 0.25) is 0 Å². The molecule has 0 bridgehead atoms. The van der Waals surface area contributed by atoms with Gasteiger partial charge in [0.1, 0.15) is 12.0 Å². The highest BCUT2D eigenvalue weighted by Gasteiger charge is 2.29. The van der Waals surface area contributed by atoms with Crippen LogP contribution in [-0.2, 0) is 23.8 Å². The summed E-state index contributed by atoms with van der Waals surface area (Å²) in [5.74, 6) is 0.729. The Morgan fingerprint density at radius 3 is 2.39 bits per heavy atom. The molecule has 0 aliphatic carbocycles. The van der Waals surface area contributed by atoms with Crippen molar-refractivity contribution < 1.29 is 23.8 Å². The van der Waals surface area contributed by atoms with Crippen LogP contribution in [0.15, 0.2) is 24.5 Å². The van der Waals surface area contributed by atoms with Crippen LogP contribution in [0.4, 0.5) is 5.69 Å². The minimum Gasteiger partial charge on any atom is -0.504 e. The van der Waals surface area contributed by atoms with Crippen molar-refractivity contribution in [1.82, 2.24) is 4.98 Å². The van der Waals surface area contributed by atoms with Gasteiger partial charge in [0.15, 0.2) is 11.5 Å². The molecule has 3 N–H and O–H groups in total. The van der Waals surface area contributed by atoms with Gasteiger partial charge in [0.25, 0.3) is 0 Å². The van der Waals surface area contributed by atoms with Crippen LogP contribution in [0.25, 0.3) is 0 Å². The summed E-state index contributed by atoms with van der Waals surface area (Å²) in [5.41, 5.74) is 2.66. The van der Waals surface area contributed by atoms with Crippen molar-refractivity contribution >= 4 is 13.3 Å². The molecule has 1 unspecified atom stereocenters. The van der Waals surface area contributed by atoms with Gasteiger partial charge in [0.05, 0.1) is 12.8 Å². The molecule has 2 rings (SSSR count). The largest absolute Gasteiger partial charge is 0.504 e. The molecule has 1 aromatic carbocycles. The van der Waals surface area contributed by atoms with Crippen molar-refractivity contribution in [2.45, 2.75) is 46.5 Å². The van der Waals surface area contributed by atoms with Crippen molar-refractivity contribution in [3.8, 4) is 17.2 Å². The van der Waals surface area contributed by atoms with E-state index in [0.29, 0.717) is 47.6 Å². The van der Waals surface area contributed by atoms with Gasteiger partial charge in [-0.2, -0.15) is 0 Å². The Hall–Kier alpha value is -2.24. The molecule has 8 heteroatoms. The first-order valence-corrected chi connectivity index (χ1v) is 11.2. The van der Waals surface area contributed by atoms with Crippen LogP contribution in [0, 0.1) is 0 Å². The van der Waals surface area contributed by atoms with Crippen LogP contribution in [0.3, 0.4) is 0 Å². The Morgan fingerprint density at radius 2 is 1.86 bits per heavy atom. The highest BCUT2D eigenvalue weighted by atomic mass is 31.2. The van der Waals surface area contributed by atoms with E-state index >= 15 is 0 Å². The van der Waals surface area contributed by atoms with E-state index in [4.69, 9.17) is 9.26 Å². The van der Waals surface area contributed by atoms with Gasteiger partial charge < -0.3 is 24.6 Å². The average molecular weight is 408 g/mol. The zero-order chi connectivity index (χ0) is 20.7. The molecule has 1 atom stereocenters. The van der Waals surface area contributed by atoms with Crippen LogP contribution in [-0.4, -0.2) is 28.4 Å². The summed E-state index contributed by atoms with van der Waals surface area (Å²) in [4.78, 5) is 14.4. The van der Waals surface area contributed by atoms with Crippen LogP contribution in [0.2, 0.25) is 0 Å². The van der Waals surface area contributed by atoms with Crippen molar-refractivity contribution in [2.75, 3.05) is 18.7 Å². The van der Waals surface area contributed by atoms with Crippen LogP contribution in [0.5, 0.6) is 17.2 Å². The van der Waals surface area contributed by atoms with E-state index < -0.39 is 7.60 Å². The second-order valence-corrected chi connectivity index (χ2v) is 8.18. The van der Waals surface area contributed by atoms with Crippen molar-refractivity contribution in [1.29, 1.82) is 0 Å². The van der Waals surface area contributed by atoms with Gasteiger partial charge in [-0.1, -0.05) is 27.2 Å². The van der Waals surface area contributed by atoms with E-state index in [2.05, 4.69) is 10.3 Å². The molecular formula is C20H29N2O5P. The van der Waals surface area contributed by atoms with Crippen molar-refractivity contribution in [3.05, 3.63) is 41.2 Å². The van der Waals surface area contributed by atoms with Gasteiger partial charge in [-0.05, 0) is 31.4 Å². The average Bonchev–Trinajstić information content (AvgIpc) is 2.69. The summed E-state index contributed by atoms with van der Waals surface area (Å²) in [6.45, 7) is 5.83. The fraction of sp³-hybridized carbons (Fsp3) is 0.450. The topological polar surface area (TPSA) is 101 Å². The summed E-state index contributed by atoms with van der Waals surface area (Å²) < 4.78 is 23.9. The number of aromatic nitrogens is 1. The Balaban J connectivity index is 2.44. The Morgan fingerprint density at radius 1 is 1.14 bits per heavy atom. The molecule has 0 saturated heterocycles. The number of hydrogen-bond donors (Lipinski definition) is 3. The molecule has 7 nitrogen and oxygen atoms in total. The number of phenolic OH excluding ortho intramolecular Hbond substituents is 1. The van der Waals surface area contributed by atoms with Crippen molar-refractivity contribution in [3.63, 3.8) is 0 Å². The summed E-state index contributed by atoms with van der Waals surface area (Å²) in [6.07, 6.45) is 5.41. The van der Waals surface area contributed by atoms with Crippen LogP contribution >= 0.6 is 7.60 Å². The molecule has 28 heavy (non-hydrogen) atoms. The highest BCUT2D eigenvalue weighted by molar-refractivity contribution is 7.53. The second-order valence-electron chi connectivity index (χ2n) is 6.41. The lowest BCUT2D eigenvalue weighted by molar-refractivity contribution is 0.354. The zero-order valence-electron chi connectivity index (χ0n) is 16.9. The maximum atomic E-state index is 12.8. The van der Waals surface area contributed by atoms with Crippen LogP contribution in [0.1, 0.15) is 43.9 Å². The normalized spacial score (nSPS) is 13.0. The van der Waals surface area contributed by atoms with E-state index in [0.717, 1.165) is 12.0 Å². The van der Waals surface area contributed by atoms with Gasteiger partial charge in [-0.25, -0.2) is 4.57 Å². The number of ether oxygens (including phenoxy) is 1. The van der Waals surface area contributed by atoms with Gasteiger partial charge in [-0.15, -0.1) is 0 Å². The van der Waals surface area contributed by atoms with E-state index in [9.17, 15) is 14.6 Å². The first-order chi connectivity index (χ1) is 13.4. The second kappa shape index (κ2) is 9.80. The number of pyridine rings is 1. The minimum absolute atomic E-state index is 0.0895. The van der Waals surface area contributed by atoms with Gasteiger partial charge in [0, 0.05) is 29.1 Å². The van der Waals surface area contributed by atoms with E-state index in [1.165, 1.54) is 7.11 Å². The molecule has 1 aromatic heterocycles. The lowest BCUT2D eigenvalue weighted by Gasteiger charge is -2.24. The summed E-state index contributed by atoms with van der Waals surface area (Å²) >= 11 is 0. The number of phenols is 1. The monoisotopic (exact) mass is 408 g/mol. The minimum atomic E-state index is -4.02. The predicted molar refractivity (Wildman–Crippen MR) is 111 cm³/mol. The van der Waals surface area contributed by atoms with Crippen LogP contribution < -0.4 is 14.6 Å². The molecule has 0 radical (unpaired) electrons. The molecule has 0 spiro atoms. The SMILES string of the molecule is CCCc1c(O)c(OC)c(CC)c(OP(=O)(O)CNc2cccnc2)c1CC. The van der Waals surface area contributed by atoms with Gasteiger partial charge >= 0.3 is 7.60 Å². The fourth-order valence-corrected chi connectivity index (χ4v) is 4.18. The Labute approximate surface area is 166 Å².